The quantitative estimate of drug-likeness (QED) is 0.798. The van der Waals surface area contributed by atoms with Crippen LogP contribution in [0.25, 0.3) is 10.8 Å². The third-order valence-corrected chi connectivity index (χ3v) is 3.85. The number of rotatable bonds is 3. The molecule has 0 aliphatic carbocycles. The topological polar surface area (TPSA) is 64.9 Å². The van der Waals surface area contributed by atoms with Crippen LogP contribution >= 0.6 is 11.3 Å². The van der Waals surface area contributed by atoms with Gasteiger partial charge in [0.1, 0.15) is 0 Å². The third kappa shape index (κ3) is 2.72. The second kappa shape index (κ2) is 5.09. The van der Waals surface area contributed by atoms with Gasteiger partial charge in [-0.2, -0.15) is 4.98 Å². The third-order valence-electron chi connectivity index (χ3n) is 2.95. The van der Waals surface area contributed by atoms with Crippen LogP contribution in [0.2, 0.25) is 0 Å². The minimum atomic E-state index is 0.533. The number of benzene rings is 1. The minimum Gasteiger partial charge on any atom is -0.391 e. The first-order valence-corrected chi connectivity index (χ1v) is 7.17. The Morgan fingerprint density at radius 2 is 1.90 bits per heavy atom. The highest BCUT2D eigenvalue weighted by Gasteiger charge is 2.11. The molecule has 0 saturated heterocycles. The summed E-state index contributed by atoms with van der Waals surface area (Å²) in [5, 5.41) is 4.78. The van der Waals surface area contributed by atoms with Crippen molar-refractivity contribution >= 4 is 16.3 Å². The summed E-state index contributed by atoms with van der Waals surface area (Å²) in [6, 6.07) is 10.2. The normalized spacial score (nSPS) is 10.9. The molecule has 0 fully saturated rings. The van der Waals surface area contributed by atoms with E-state index in [0.717, 1.165) is 9.88 Å². The second-order valence-electron chi connectivity index (χ2n) is 4.89. The van der Waals surface area contributed by atoms with Gasteiger partial charge in [0, 0.05) is 6.42 Å². The molecule has 0 aliphatic rings. The molecule has 0 radical (unpaired) electrons. The van der Waals surface area contributed by atoms with Crippen molar-refractivity contribution in [2.24, 2.45) is 0 Å². The van der Waals surface area contributed by atoms with Gasteiger partial charge in [-0.3, -0.25) is 0 Å². The molecule has 1 aromatic carbocycles. The maximum atomic E-state index is 5.71. The van der Waals surface area contributed by atoms with Gasteiger partial charge in [0.25, 0.3) is 5.89 Å². The molecule has 3 rings (SSSR count). The minimum absolute atomic E-state index is 0.533. The molecule has 2 N–H and O–H groups in total. The van der Waals surface area contributed by atoms with Crippen molar-refractivity contribution in [1.29, 1.82) is 0 Å². The molecule has 102 valence electrons. The monoisotopic (exact) mass is 285 g/mol. The SMILES string of the molecule is Cc1cc(C)cc(Cc2noc(-c3ccc(N)s3)n2)c1. The van der Waals surface area contributed by atoms with Crippen LogP contribution in [0.15, 0.2) is 34.9 Å². The van der Waals surface area contributed by atoms with E-state index in [4.69, 9.17) is 10.3 Å². The molecule has 0 saturated carbocycles. The first kappa shape index (κ1) is 12.9. The Morgan fingerprint density at radius 3 is 2.55 bits per heavy atom. The van der Waals surface area contributed by atoms with Gasteiger partial charge in [-0.25, -0.2) is 0 Å². The number of anilines is 1. The molecule has 0 spiro atoms. The molecule has 0 atom stereocenters. The van der Waals surface area contributed by atoms with Crippen LogP contribution < -0.4 is 5.73 Å². The van der Waals surface area contributed by atoms with E-state index in [-0.39, 0.29) is 0 Å². The molecule has 2 heterocycles. The van der Waals surface area contributed by atoms with E-state index in [1.807, 2.05) is 12.1 Å². The number of nitrogens with two attached hydrogens (primary N) is 1. The number of nitrogens with zero attached hydrogens (tertiary/aromatic N) is 2. The first-order valence-electron chi connectivity index (χ1n) is 6.35. The molecule has 0 amide bonds. The van der Waals surface area contributed by atoms with Crippen LogP contribution in [0, 0.1) is 13.8 Å². The van der Waals surface area contributed by atoms with Crippen molar-refractivity contribution in [3.63, 3.8) is 0 Å². The molecule has 0 aliphatic heterocycles. The standard InChI is InChI=1S/C15H15N3OS/c1-9-5-10(2)7-11(6-9)8-14-17-15(19-18-14)12-3-4-13(16)20-12/h3-7H,8,16H2,1-2H3. The second-order valence-corrected chi connectivity index (χ2v) is 6.01. The average Bonchev–Trinajstić information content (AvgIpc) is 2.96. The number of thiophene rings is 1. The van der Waals surface area contributed by atoms with Gasteiger partial charge < -0.3 is 10.3 Å². The summed E-state index contributed by atoms with van der Waals surface area (Å²) in [4.78, 5) is 5.33. The Bertz CT molecular complexity index is 725. The summed E-state index contributed by atoms with van der Waals surface area (Å²) in [7, 11) is 0. The fraction of sp³-hybridized carbons (Fsp3) is 0.200. The highest BCUT2D eigenvalue weighted by molar-refractivity contribution is 7.19. The van der Waals surface area contributed by atoms with Crippen molar-refractivity contribution in [3.05, 3.63) is 52.8 Å². The molecule has 20 heavy (non-hydrogen) atoms. The summed E-state index contributed by atoms with van der Waals surface area (Å²) in [5.74, 6) is 1.23. The van der Waals surface area contributed by atoms with E-state index < -0.39 is 0 Å². The molecule has 0 unspecified atom stereocenters. The van der Waals surface area contributed by atoms with Crippen LogP contribution in [0.1, 0.15) is 22.5 Å². The van der Waals surface area contributed by atoms with Gasteiger partial charge >= 0.3 is 0 Å². The Balaban J connectivity index is 1.83. The van der Waals surface area contributed by atoms with E-state index in [0.29, 0.717) is 18.1 Å². The lowest BCUT2D eigenvalue weighted by atomic mass is 10.1. The van der Waals surface area contributed by atoms with Crippen molar-refractivity contribution in [2.75, 3.05) is 5.73 Å². The molecule has 5 heteroatoms. The van der Waals surface area contributed by atoms with Crippen LogP contribution in [0.5, 0.6) is 0 Å². The van der Waals surface area contributed by atoms with E-state index in [1.165, 1.54) is 28.0 Å². The zero-order valence-electron chi connectivity index (χ0n) is 11.4. The van der Waals surface area contributed by atoms with Crippen LogP contribution in [0.4, 0.5) is 5.00 Å². The number of hydrogen-bond acceptors (Lipinski definition) is 5. The summed E-state index contributed by atoms with van der Waals surface area (Å²) < 4.78 is 5.29. The zero-order chi connectivity index (χ0) is 14.1. The molecular formula is C15H15N3OS. The van der Waals surface area contributed by atoms with Crippen molar-refractivity contribution in [1.82, 2.24) is 10.1 Å². The predicted octanol–water partition coefficient (Wildman–Crippen LogP) is 3.59. The highest BCUT2D eigenvalue weighted by Crippen LogP contribution is 2.28. The van der Waals surface area contributed by atoms with Gasteiger partial charge in [-0.15, -0.1) is 11.3 Å². The zero-order valence-corrected chi connectivity index (χ0v) is 12.2. The Morgan fingerprint density at radius 1 is 1.15 bits per heavy atom. The Hall–Kier alpha value is -2.14. The maximum absolute atomic E-state index is 5.71. The van der Waals surface area contributed by atoms with Crippen molar-refractivity contribution in [3.8, 4) is 10.8 Å². The number of nitrogen functional groups attached to an aromatic ring is 1. The molecular weight excluding hydrogens is 270 g/mol. The largest absolute Gasteiger partial charge is 0.391 e. The van der Waals surface area contributed by atoms with Gasteiger partial charge in [-0.1, -0.05) is 34.5 Å². The van der Waals surface area contributed by atoms with E-state index >= 15 is 0 Å². The summed E-state index contributed by atoms with van der Waals surface area (Å²) in [6.07, 6.45) is 0.673. The van der Waals surface area contributed by atoms with Gasteiger partial charge in [0.05, 0.1) is 9.88 Å². The first-order chi connectivity index (χ1) is 9.60. The lowest BCUT2D eigenvalue weighted by molar-refractivity contribution is 0.424. The fourth-order valence-corrected chi connectivity index (χ4v) is 2.94. The molecule has 4 nitrogen and oxygen atoms in total. The summed E-state index contributed by atoms with van der Waals surface area (Å²) in [6.45, 7) is 4.18. The molecule has 0 bridgehead atoms. The fourth-order valence-electron chi connectivity index (χ4n) is 2.25. The van der Waals surface area contributed by atoms with Crippen LogP contribution in [0.3, 0.4) is 0 Å². The predicted molar refractivity (Wildman–Crippen MR) is 80.7 cm³/mol. The Kier molecular flexibility index (Phi) is 3.28. The number of hydrogen-bond donors (Lipinski definition) is 1. The van der Waals surface area contributed by atoms with E-state index in [2.05, 4.69) is 42.2 Å². The smallest absolute Gasteiger partial charge is 0.268 e. The van der Waals surface area contributed by atoms with Crippen LogP contribution in [-0.4, -0.2) is 10.1 Å². The lowest BCUT2D eigenvalue weighted by Gasteiger charge is -2.01. The van der Waals surface area contributed by atoms with Gasteiger partial charge in [-0.05, 0) is 31.5 Å². The van der Waals surface area contributed by atoms with Crippen molar-refractivity contribution in [2.45, 2.75) is 20.3 Å². The average molecular weight is 285 g/mol. The summed E-state index contributed by atoms with van der Waals surface area (Å²) >= 11 is 1.45. The van der Waals surface area contributed by atoms with E-state index in [1.54, 1.807) is 0 Å². The Labute approximate surface area is 121 Å². The number of aryl methyl sites for hydroxylation is 2. The molecule has 3 aromatic rings. The number of aromatic nitrogens is 2. The van der Waals surface area contributed by atoms with Gasteiger partial charge in [0.2, 0.25) is 0 Å². The van der Waals surface area contributed by atoms with Gasteiger partial charge in [0.15, 0.2) is 5.82 Å². The lowest BCUT2D eigenvalue weighted by Crippen LogP contribution is -1.92. The summed E-state index contributed by atoms with van der Waals surface area (Å²) in [5.41, 5.74) is 9.39. The highest BCUT2D eigenvalue weighted by atomic mass is 32.1. The molecule has 2 aromatic heterocycles. The van der Waals surface area contributed by atoms with E-state index in [9.17, 15) is 0 Å². The van der Waals surface area contributed by atoms with Crippen LogP contribution in [-0.2, 0) is 6.42 Å². The van der Waals surface area contributed by atoms with Crippen molar-refractivity contribution < 1.29 is 4.52 Å². The maximum Gasteiger partial charge on any atom is 0.268 e.